The Labute approximate surface area is 184 Å². The van der Waals surface area contributed by atoms with Crippen molar-refractivity contribution >= 4 is 11.8 Å². The number of hydrogen-bond acceptors (Lipinski definition) is 4. The molecule has 1 aliphatic heterocycles. The first-order valence-corrected chi connectivity index (χ1v) is 10.9. The van der Waals surface area contributed by atoms with Gasteiger partial charge in [-0.05, 0) is 48.6 Å². The molecular weight excluding hydrogens is 390 g/mol. The molecule has 4 rings (SSSR count). The molecule has 0 spiro atoms. The van der Waals surface area contributed by atoms with Gasteiger partial charge >= 0.3 is 6.09 Å². The summed E-state index contributed by atoms with van der Waals surface area (Å²) in [5.41, 5.74) is 2.96. The minimum atomic E-state index is -0.430. The molecule has 164 valence electrons. The molecule has 2 aromatic carbocycles. The quantitative estimate of drug-likeness (QED) is 0.615. The summed E-state index contributed by atoms with van der Waals surface area (Å²) in [6, 6.07) is 17.5. The second-order valence-electron chi connectivity index (χ2n) is 8.82. The maximum absolute atomic E-state index is 12.4. The Morgan fingerprint density at radius 2 is 1.84 bits per heavy atom. The molecule has 1 N–H and O–H groups in total. The van der Waals surface area contributed by atoms with Crippen LogP contribution in [0.5, 0.6) is 5.75 Å². The summed E-state index contributed by atoms with van der Waals surface area (Å²) >= 11 is 0. The average molecular weight is 422 g/mol. The fraction of sp³-hybridized carbons (Fsp3) is 0.423. The lowest BCUT2D eigenvalue weighted by molar-refractivity contribution is -0.165. The van der Waals surface area contributed by atoms with Crippen LogP contribution in [-0.4, -0.2) is 26.4 Å². The molecule has 1 fully saturated rings. The summed E-state index contributed by atoms with van der Waals surface area (Å²) in [5.74, 6) is 1.63. The highest BCUT2D eigenvalue weighted by Gasteiger charge is 2.54. The highest BCUT2D eigenvalue weighted by Crippen LogP contribution is 2.56. The van der Waals surface area contributed by atoms with Gasteiger partial charge in [-0.3, -0.25) is 5.32 Å². The van der Waals surface area contributed by atoms with Crippen LogP contribution in [0.3, 0.4) is 0 Å². The topological polar surface area (TPSA) is 56.8 Å². The van der Waals surface area contributed by atoms with E-state index < -0.39 is 6.09 Å². The Bertz CT molecular complexity index is 940. The van der Waals surface area contributed by atoms with Gasteiger partial charge in [0.25, 0.3) is 0 Å². The third kappa shape index (κ3) is 4.07. The van der Waals surface area contributed by atoms with Gasteiger partial charge < -0.3 is 14.2 Å². The molecule has 0 saturated carbocycles. The van der Waals surface area contributed by atoms with Crippen molar-refractivity contribution in [1.82, 2.24) is 0 Å². The molecule has 2 aromatic rings. The van der Waals surface area contributed by atoms with Crippen molar-refractivity contribution in [1.29, 1.82) is 0 Å². The van der Waals surface area contributed by atoms with Gasteiger partial charge in [-0.15, -0.1) is 0 Å². The molecule has 1 aliphatic carbocycles. The van der Waals surface area contributed by atoms with E-state index in [9.17, 15) is 4.79 Å². The van der Waals surface area contributed by atoms with Gasteiger partial charge in [0.15, 0.2) is 0 Å². The van der Waals surface area contributed by atoms with Crippen molar-refractivity contribution in [3.63, 3.8) is 0 Å². The van der Waals surface area contributed by atoms with Crippen molar-refractivity contribution in [2.24, 2.45) is 23.2 Å². The monoisotopic (exact) mass is 421 g/mol. The molecular formula is C26H31NO4. The summed E-state index contributed by atoms with van der Waals surface area (Å²) in [6.45, 7) is 7.53. The fourth-order valence-corrected chi connectivity index (χ4v) is 5.23. The molecule has 0 unspecified atom stereocenters. The van der Waals surface area contributed by atoms with E-state index in [1.807, 2.05) is 42.5 Å². The molecule has 0 aromatic heterocycles. The number of fused-ring (bicyclic) bond motifs is 2. The second kappa shape index (κ2) is 8.75. The molecule has 5 nitrogen and oxygen atoms in total. The summed E-state index contributed by atoms with van der Waals surface area (Å²) < 4.78 is 17.5. The molecule has 31 heavy (non-hydrogen) atoms. The lowest BCUT2D eigenvalue weighted by Gasteiger charge is -2.55. The number of ether oxygens (including phenoxy) is 3. The molecule has 0 radical (unpaired) electrons. The zero-order valence-corrected chi connectivity index (χ0v) is 18.6. The van der Waals surface area contributed by atoms with Gasteiger partial charge in [0.1, 0.15) is 12.4 Å². The summed E-state index contributed by atoms with van der Waals surface area (Å²) in [6.07, 6.45) is 1.89. The maximum Gasteiger partial charge on any atom is 0.411 e. The van der Waals surface area contributed by atoms with E-state index in [1.165, 1.54) is 5.57 Å². The summed E-state index contributed by atoms with van der Waals surface area (Å²) in [5, 5.41) is 2.81. The van der Waals surface area contributed by atoms with Crippen molar-refractivity contribution in [2.75, 3.05) is 25.6 Å². The standard InChI is InChI=1S/C26H31NO4/c1-17-14-18(2)26(16-31-25(28)27-21-8-6-5-7-9-21)15-30-24(23(17)19(26)3)20-10-12-22(29-4)13-11-20/h5-14,18-19,23-24H,15-16H2,1-4H3,(H,27,28)/t18-,19-,23-,24+,26-/m1/s1. The van der Waals surface area contributed by atoms with Gasteiger partial charge in [-0.2, -0.15) is 0 Å². The number of rotatable bonds is 5. The number of amides is 1. The largest absolute Gasteiger partial charge is 0.497 e. The van der Waals surface area contributed by atoms with Crippen LogP contribution in [0.4, 0.5) is 10.5 Å². The molecule has 1 amide bonds. The predicted molar refractivity (Wildman–Crippen MR) is 121 cm³/mol. The fourth-order valence-electron chi connectivity index (χ4n) is 5.23. The third-order valence-electron chi connectivity index (χ3n) is 7.19. The van der Waals surface area contributed by atoms with E-state index in [0.717, 1.165) is 17.0 Å². The second-order valence-corrected chi connectivity index (χ2v) is 8.82. The summed E-state index contributed by atoms with van der Waals surface area (Å²) in [7, 11) is 1.67. The number of carbonyl (C=O) groups excluding carboxylic acids is 1. The lowest BCUT2D eigenvalue weighted by Crippen LogP contribution is -2.54. The predicted octanol–water partition coefficient (Wildman–Crippen LogP) is 5.85. The number of carbonyl (C=O) groups is 1. The minimum absolute atomic E-state index is 0.0177. The van der Waals surface area contributed by atoms with Crippen LogP contribution in [0.15, 0.2) is 66.2 Å². The molecule has 5 heteroatoms. The van der Waals surface area contributed by atoms with Crippen molar-refractivity contribution in [3.05, 3.63) is 71.8 Å². The molecule has 1 saturated heterocycles. The van der Waals surface area contributed by atoms with E-state index in [0.29, 0.717) is 19.1 Å². The number of allylic oxidation sites excluding steroid dienone is 1. The Kier molecular flexibility index (Phi) is 6.05. The van der Waals surface area contributed by atoms with Crippen LogP contribution in [0.1, 0.15) is 32.4 Å². The van der Waals surface area contributed by atoms with E-state index in [-0.39, 0.29) is 23.4 Å². The maximum atomic E-state index is 12.4. The van der Waals surface area contributed by atoms with Crippen LogP contribution in [0.25, 0.3) is 0 Å². The first kappa shape index (κ1) is 21.4. The molecule has 5 atom stereocenters. The van der Waals surface area contributed by atoms with Crippen LogP contribution in [0, 0.1) is 23.2 Å². The van der Waals surface area contributed by atoms with Crippen molar-refractivity contribution < 1.29 is 19.0 Å². The zero-order valence-electron chi connectivity index (χ0n) is 18.6. The minimum Gasteiger partial charge on any atom is -0.497 e. The van der Waals surface area contributed by atoms with Gasteiger partial charge in [-0.1, -0.05) is 55.8 Å². The van der Waals surface area contributed by atoms with E-state index in [1.54, 1.807) is 7.11 Å². The van der Waals surface area contributed by atoms with Crippen LogP contribution in [0.2, 0.25) is 0 Å². The Hall–Kier alpha value is -2.79. The smallest absolute Gasteiger partial charge is 0.411 e. The third-order valence-corrected chi connectivity index (χ3v) is 7.19. The number of methoxy groups -OCH3 is 1. The first-order valence-electron chi connectivity index (χ1n) is 10.9. The molecule has 2 bridgehead atoms. The van der Waals surface area contributed by atoms with Crippen LogP contribution < -0.4 is 10.1 Å². The van der Waals surface area contributed by atoms with Gasteiger partial charge in [0.2, 0.25) is 0 Å². The highest BCUT2D eigenvalue weighted by molar-refractivity contribution is 5.84. The zero-order chi connectivity index (χ0) is 22.0. The van der Waals surface area contributed by atoms with E-state index in [2.05, 4.69) is 44.3 Å². The number of benzene rings is 2. The van der Waals surface area contributed by atoms with Gasteiger partial charge in [-0.25, -0.2) is 4.79 Å². The number of para-hydroxylation sites is 1. The molecule has 2 aliphatic rings. The van der Waals surface area contributed by atoms with E-state index in [4.69, 9.17) is 14.2 Å². The van der Waals surface area contributed by atoms with Crippen molar-refractivity contribution in [2.45, 2.75) is 26.9 Å². The number of nitrogens with one attached hydrogen (secondary N) is 1. The SMILES string of the molecule is COc1ccc([C@@H]2OC[C@@]3(COC(=O)Nc4ccccc4)[C@H](C)C=C(C)[C@@H]2[C@H]3C)cc1. The Balaban J connectivity index is 1.51. The highest BCUT2D eigenvalue weighted by atomic mass is 16.6. The number of anilines is 1. The first-order chi connectivity index (χ1) is 14.9. The Morgan fingerprint density at radius 3 is 2.52 bits per heavy atom. The normalized spacial score (nSPS) is 29.6. The summed E-state index contributed by atoms with van der Waals surface area (Å²) in [4.78, 5) is 12.4. The van der Waals surface area contributed by atoms with Crippen LogP contribution >= 0.6 is 0 Å². The molecule has 1 heterocycles. The average Bonchev–Trinajstić information content (AvgIpc) is 2.77. The van der Waals surface area contributed by atoms with Crippen molar-refractivity contribution in [3.8, 4) is 5.75 Å². The van der Waals surface area contributed by atoms with Crippen LogP contribution in [-0.2, 0) is 9.47 Å². The van der Waals surface area contributed by atoms with E-state index >= 15 is 0 Å². The lowest BCUT2D eigenvalue weighted by atomic mass is 9.56. The number of hydrogen-bond donors (Lipinski definition) is 1. The van der Waals surface area contributed by atoms with Gasteiger partial charge in [0.05, 0.1) is 19.8 Å². The Morgan fingerprint density at radius 1 is 1.13 bits per heavy atom. The van der Waals surface area contributed by atoms with Gasteiger partial charge in [0, 0.05) is 17.0 Å².